The first-order valence-electron chi connectivity index (χ1n) is 7.51. The van der Waals surface area contributed by atoms with Crippen molar-refractivity contribution in [3.05, 3.63) is 35.4 Å². The van der Waals surface area contributed by atoms with Crippen molar-refractivity contribution in [1.82, 2.24) is 9.80 Å². The fourth-order valence-corrected chi connectivity index (χ4v) is 3.31. The van der Waals surface area contributed by atoms with Gasteiger partial charge in [-0.1, -0.05) is 29.8 Å². The SMILES string of the molecule is Cc1ccc(CSCC(=O)N2CCCN(C(N)=O)CC2)cc1. The molecule has 2 N–H and O–H groups in total. The molecule has 1 saturated heterocycles. The minimum absolute atomic E-state index is 0.142. The van der Waals surface area contributed by atoms with Crippen LogP contribution in [0.2, 0.25) is 0 Å². The second-order valence-corrected chi connectivity index (χ2v) is 6.52. The molecule has 0 aromatic heterocycles. The summed E-state index contributed by atoms with van der Waals surface area (Å²) in [6.45, 7) is 4.51. The summed E-state index contributed by atoms with van der Waals surface area (Å²) in [5.74, 6) is 1.46. The Balaban J connectivity index is 1.75. The molecule has 120 valence electrons. The van der Waals surface area contributed by atoms with Crippen LogP contribution < -0.4 is 5.73 Å². The van der Waals surface area contributed by atoms with Crippen molar-refractivity contribution >= 4 is 23.7 Å². The Morgan fingerprint density at radius 3 is 2.41 bits per heavy atom. The van der Waals surface area contributed by atoms with Crippen LogP contribution in [-0.4, -0.2) is 53.7 Å². The Morgan fingerprint density at radius 2 is 1.73 bits per heavy atom. The number of hydrogen-bond acceptors (Lipinski definition) is 3. The van der Waals surface area contributed by atoms with E-state index in [0.717, 1.165) is 12.2 Å². The number of rotatable bonds is 4. The van der Waals surface area contributed by atoms with Crippen molar-refractivity contribution in [2.24, 2.45) is 5.73 Å². The van der Waals surface area contributed by atoms with E-state index in [2.05, 4.69) is 31.2 Å². The summed E-state index contributed by atoms with van der Waals surface area (Å²) in [7, 11) is 0. The minimum atomic E-state index is -0.400. The topological polar surface area (TPSA) is 66.6 Å². The van der Waals surface area contributed by atoms with Gasteiger partial charge in [-0.3, -0.25) is 4.79 Å². The molecule has 0 unspecified atom stereocenters. The largest absolute Gasteiger partial charge is 0.351 e. The van der Waals surface area contributed by atoms with Crippen molar-refractivity contribution < 1.29 is 9.59 Å². The first-order valence-corrected chi connectivity index (χ1v) is 8.67. The zero-order valence-corrected chi connectivity index (χ0v) is 13.8. The van der Waals surface area contributed by atoms with Crippen LogP contribution >= 0.6 is 11.8 Å². The van der Waals surface area contributed by atoms with E-state index < -0.39 is 6.03 Å². The lowest BCUT2D eigenvalue weighted by molar-refractivity contribution is -0.128. The summed E-state index contributed by atoms with van der Waals surface area (Å²) in [6.07, 6.45) is 0.789. The Bertz CT molecular complexity index is 519. The Labute approximate surface area is 135 Å². The lowest BCUT2D eigenvalue weighted by Crippen LogP contribution is -2.40. The second kappa shape index (κ2) is 8.08. The third-order valence-electron chi connectivity index (χ3n) is 3.78. The molecule has 0 bridgehead atoms. The summed E-state index contributed by atoms with van der Waals surface area (Å²) in [5.41, 5.74) is 7.77. The first-order chi connectivity index (χ1) is 10.6. The van der Waals surface area contributed by atoms with E-state index in [1.165, 1.54) is 11.1 Å². The molecule has 5 nitrogen and oxygen atoms in total. The number of primary amides is 1. The fraction of sp³-hybridized carbons (Fsp3) is 0.500. The van der Waals surface area contributed by atoms with Gasteiger partial charge in [0, 0.05) is 31.9 Å². The highest BCUT2D eigenvalue weighted by Gasteiger charge is 2.20. The predicted octanol–water partition coefficient (Wildman–Crippen LogP) is 1.84. The molecule has 0 radical (unpaired) electrons. The van der Waals surface area contributed by atoms with Crippen LogP contribution in [0, 0.1) is 6.92 Å². The van der Waals surface area contributed by atoms with Crippen LogP contribution in [0.3, 0.4) is 0 Å². The molecular formula is C16H23N3O2S. The number of urea groups is 1. The van der Waals surface area contributed by atoms with Crippen LogP contribution in [0.5, 0.6) is 0 Å². The quantitative estimate of drug-likeness (QED) is 0.920. The third kappa shape index (κ3) is 4.94. The summed E-state index contributed by atoms with van der Waals surface area (Å²) in [5, 5.41) is 0. The molecule has 1 heterocycles. The maximum Gasteiger partial charge on any atom is 0.314 e. The van der Waals surface area contributed by atoms with Gasteiger partial charge in [-0.2, -0.15) is 0 Å². The smallest absolute Gasteiger partial charge is 0.314 e. The molecule has 1 fully saturated rings. The van der Waals surface area contributed by atoms with Gasteiger partial charge in [0.1, 0.15) is 0 Å². The molecule has 0 saturated carbocycles. The van der Waals surface area contributed by atoms with E-state index in [1.54, 1.807) is 16.7 Å². The predicted molar refractivity (Wildman–Crippen MR) is 89.7 cm³/mol. The van der Waals surface area contributed by atoms with Gasteiger partial charge >= 0.3 is 6.03 Å². The maximum atomic E-state index is 12.2. The lowest BCUT2D eigenvalue weighted by Gasteiger charge is -2.21. The Morgan fingerprint density at radius 1 is 1.09 bits per heavy atom. The summed E-state index contributed by atoms with van der Waals surface area (Å²) >= 11 is 1.63. The van der Waals surface area contributed by atoms with Crippen LogP contribution in [0.25, 0.3) is 0 Å². The van der Waals surface area contributed by atoms with Gasteiger partial charge in [0.05, 0.1) is 5.75 Å². The van der Waals surface area contributed by atoms with E-state index >= 15 is 0 Å². The Kier molecular flexibility index (Phi) is 6.12. The molecule has 1 aromatic rings. The average molecular weight is 321 g/mol. The zero-order valence-electron chi connectivity index (χ0n) is 13.0. The monoisotopic (exact) mass is 321 g/mol. The minimum Gasteiger partial charge on any atom is -0.351 e. The van der Waals surface area contributed by atoms with E-state index in [1.807, 2.05) is 4.90 Å². The van der Waals surface area contributed by atoms with Crippen molar-refractivity contribution in [2.45, 2.75) is 19.1 Å². The van der Waals surface area contributed by atoms with E-state index in [0.29, 0.717) is 31.9 Å². The highest BCUT2D eigenvalue weighted by Crippen LogP contribution is 2.14. The average Bonchev–Trinajstić information content (AvgIpc) is 2.75. The van der Waals surface area contributed by atoms with E-state index in [9.17, 15) is 9.59 Å². The van der Waals surface area contributed by atoms with Gasteiger partial charge in [0.25, 0.3) is 0 Å². The number of hydrogen-bond donors (Lipinski definition) is 1. The summed E-state index contributed by atoms with van der Waals surface area (Å²) in [6, 6.07) is 7.98. The van der Waals surface area contributed by atoms with Gasteiger partial charge in [0.15, 0.2) is 0 Å². The molecule has 3 amide bonds. The molecule has 0 aliphatic carbocycles. The third-order valence-corrected chi connectivity index (χ3v) is 4.76. The number of benzene rings is 1. The van der Waals surface area contributed by atoms with Crippen LogP contribution in [0.15, 0.2) is 24.3 Å². The van der Waals surface area contributed by atoms with Gasteiger partial charge in [-0.05, 0) is 18.9 Å². The number of carbonyl (C=O) groups is 2. The maximum absolute atomic E-state index is 12.2. The molecule has 0 spiro atoms. The standard InChI is InChI=1S/C16H23N3O2S/c1-13-3-5-14(6-4-13)11-22-12-15(20)18-7-2-8-19(10-9-18)16(17)21/h3-6H,2,7-12H2,1H3,(H2,17,21). The molecule has 6 heteroatoms. The second-order valence-electron chi connectivity index (χ2n) is 5.54. The van der Waals surface area contributed by atoms with Gasteiger partial charge < -0.3 is 15.5 Å². The fourth-order valence-electron chi connectivity index (χ4n) is 2.42. The number of nitrogens with two attached hydrogens (primary N) is 1. The lowest BCUT2D eigenvalue weighted by atomic mass is 10.2. The highest BCUT2D eigenvalue weighted by molar-refractivity contribution is 7.99. The molecule has 22 heavy (non-hydrogen) atoms. The molecule has 1 aliphatic heterocycles. The normalized spacial score (nSPS) is 15.5. The first kappa shape index (κ1) is 16.7. The number of nitrogens with zero attached hydrogens (tertiary/aromatic N) is 2. The van der Waals surface area contributed by atoms with Gasteiger partial charge in [-0.15, -0.1) is 11.8 Å². The number of thioether (sulfide) groups is 1. The molecular weight excluding hydrogens is 298 g/mol. The zero-order chi connectivity index (χ0) is 15.9. The van der Waals surface area contributed by atoms with Crippen molar-refractivity contribution in [3.63, 3.8) is 0 Å². The van der Waals surface area contributed by atoms with E-state index in [-0.39, 0.29) is 5.91 Å². The molecule has 1 aromatic carbocycles. The van der Waals surface area contributed by atoms with Crippen LogP contribution in [0.4, 0.5) is 4.79 Å². The number of aryl methyl sites for hydroxylation is 1. The number of carbonyl (C=O) groups excluding carboxylic acids is 2. The molecule has 1 aliphatic rings. The van der Waals surface area contributed by atoms with Crippen molar-refractivity contribution in [3.8, 4) is 0 Å². The summed E-state index contributed by atoms with van der Waals surface area (Å²) < 4.78 is 0. The summed E-state index contributed by atoms with van der Waals surface area (Å²) in [4.78, 5) is 26.9. The highest BCUT2D eigenvalue weighted by atomic mass is 32.2. The van der Waals surface area contributed by atoms with E-state index in [4.69, 9.17) is 5.73 Å². The van der Waals surface area contributed by atoms with Gasteiger partial charge in [-0.25, -0.2) is 4.79 Å². The van der Waals surface area contributed by atoms with Crippen molar-refractivity contribution in [2.75, 3.05) is 31.9 Å². The van der Waals surface area contributed by atoms with Crippen molar-refractivity contribution in [1.29, 1.82) is 0 Å². The number of amides is 3. The van der Waals surface area contributed by atoms with Gasteiger partial charge in [0.2, 0.25) is 5.91 Å². The molecule has 2 rings (SSSR count). The molecule has 0 atom stereocenters. The van der Waals surface area contributed by atoms with Crippen LogP contribution in [0.1, 0.15) is 17.5 Å². The Hall–Kier alpha value is -1.69. The van der Waals surface area contributed by atoms with Crippen LogP contribution in [-0.2, 0) is 10.5 Å².